The van der Waals surface area contributed by atoms with Crippen molar-refractivity contribution < 1.29 is 26.7 Å². The van der Waals surface area contributed by atoms with E-state index in [0.717, 1.165) is 11.6 Å². The van der Waals surface area contributed by atoms with Gasteiger partial charge in [0.05, 0.1) is 24.6 Å². The van der Waals surface area contributed by atoms with E-state index in [1.165, 1.54) is 6.07 Å². The molecule has 1 aromatic heterocycles. The molecule has 4 aromatic rings. The van der Waals surface area contributed by atoms with Crippen LogP contribution in [-0.2, 0) is 19.0 Å². The average molecular weight is 458 g/mol. The fourth-order valence-corrected chi connectivity index (χ4v) is 3.60. The van der Waals surface area contributed by atoms with Gasteiger partial charge >= 0.3 is 6.18 Å². The summed E-state index contributed by atoms with van der Waals surface area (Å²) in [5.41, 5.74) is 0.171. The third-order valence-corrected chi connectivity index (χ3v) is 5.25. The minimum atomic E-state index is -4.75. The molecule has 0 unspecified atom stereocenters. The normalized spacial score (nSPS) is 11.7. The second-order valence-electron chi connectivity index (χ2n) is 7.46. The van der Waals surface area contributed by atoms with Gasteiger partial charge in [0.15, 0.2) is 11.6 Å². The lowest BCUT2D eigenvalue weighted by Crippen LogP contribution is -2.08. The number of aromatic nitrogens is 2. The van der Waals surface area contributed by atoms with Gasteiger partial charge in [0.1, 0.15) is 11.6 Å². The molecule has 0 aliphatic rings. The molecule has 0 spiro atoms. The van der Waals surface area contributed by atoms with Crippen LogP contribution >= 0.6 is 0 Å². The molecule has 0 amide bonds. The molecule has 3 nitrogen and oxygen atoms in total. The Morgan fingerprint density at radius 3 is 2.30 bits per heavy atom. The van der Waals surface area contributed by atoms with Gasteiger partial charge in [0.25, 0.3) is 0 Å². The van der Waals surface area contributed by atoms with E-state index < -0.39 is 23.4 Å². The molecule has 0 aliphatic carbocycles. The summed E-state index contributed by atoms with van der Waals surface area (Å²) in [5, 5.41) is 1.06. The third kappa shape index (κ3) is 4.94. The van der Waals surface area contributed by atoms with E-state index in [1.54, 1.807) is 42.7 Å². The van der Waals surface area contributed by atoms with Crippen molar-refractivity contribution in [3.8, 4) is 17.1 Å². The molecule has 0 saturated heterocycles. The number of alkyl halides is 3. The molecule has 8 heteroatoms. The van der Waals surface area contributed by atoms with E-state index in [1.807, 2.05) is 6.92 Å². The Balaban J connectivity index is 1.53. The Bertz CT molecular complexity index is 1290. The minimum absolute atomic E-state index is 0.204. The first-order valence-corrected chi connectivity index (χ1v) is 10.3. The number of nitrogens with zero attached hydrogens (tertiary/aromatic N) is 2. The van der Waals surface area contributed by atoms with Crippen LogP contribution in [0.1, 0.15) is 23.6 Å². The molecule has 0 fully saturated rings. The van der Waals surface area contributed by atoms with Crippen LogP contribution < -0.4 is 4.74 Å². The van der Waals surface area contributed by atoms with Crippen LogP contribution in [0.5, 0.6) is 5.75 Å². The summed E-state index contributed by atoms with van der Waals surface area (Å²) < 4.78 is 72.3. The van der Waals surface area contributed by atoms with E-state index in [-0.39, 0.29) is 12.8 Å². The van der Waals surface area contributed by atoms with Gasteiger partial charge in [-0.15, -0.1) is 0 Å². The molecule has 4 rings (SSSR count). The summed E-state index contributed by atoms with van der Waals surface area (Å²) in [7, 11) is 0. The van der Waals surface area contributed by atoms with E-state index in [9.17, 15) is 17.6 Å². The maximum atomic E-state index is 15.1. The molecule has 170 valence electrons. The lowest BCUT2D eigenvalue weighted by Gasteiger charge is -2.11. The first kappa shape index (κ1) is 22.6. The second kappa shape index (κ2) is 9.13. The zero-order chi connectivity index (χ0) is 23.6. The standard InChI is InChI=1S/C25H19F5N2O/c1-2-33-19-13-31-24(32-14-19)18-8-9-20-17(12-18)7-6-16(23(20)27)5-3-15-4-10-21(22(26)11-15)25(28,29)30/h4,6-14H,2-3,5H2,1H3. The van der Waals surface area contributed by atoms with Crippen molar-refractivity contribution in [2.45, 2.75) is 25.9 Å². The fraction of sp³-hybridized carbons (Fsp3) is 0.200. The number of hydrogen-bond donors (Lipinski definition) is 0. The van der Waals surface area contributed by atoms with Gasteiger partial charge in [-0.05, 0) is 54.5 Å². The van der Waals surface area contributed by atoms with Crippen LogP contribution in [0.4, 0.5) is 22.0 Å². The summed E-state index contributed by atoms with van der Waals surface area (Å²) in [5.74, 6) is -0.707. The predicted octanol–water partition coefficient (Wildman–Crippen LogP) is 6.78. The first-order valence-electron chi connectivity index (χ1n) is 10.3. The van der Waals surface area contributed by atoms with E-state index in [0.29, 0.717) is 46.1 Å². The molecule has 33 heavy (non-hydrogen) atoms. The van der Waals surface area contributed by atoms with Crippen LogP contribution in [0.2, 0.25) is 0 Å². The van der Waals surface area contributed by atoms with Crippen LogP contribution in [0.25, 0.3) is 22.2 Å². The number of halogens is 5. The quantitative estimate of drug-likeness (QED) is 0.299. The topological polar surface area (TPSA) is 35.0 Å². The summed E-state index contributed by atoms with van der Waals surface area (Å²) in [6.07, 6.45) is -1.18. The monoisotopic (exact) mass is 458 g/mol. The van der Waals surface area contributed by atoms with E-state index >= 15 is 4.39 Å². The largest absolute Gasteiger partial charge is 0.491 e. The zero-order valence-electron chi connectivity index (χ0n) is 17.6. The van der Waals surface area contributed by atoms with Gasteiger partial charge in [0.2, 0.25) is 0 Å². The summed E-state index contributed by atoms with van der Waals surface area (Å²) >= 11 is 0. The van der Waals surface area contributed by atoms with Crippen LogP contribution in [0.3, 0.4) is 0 Å². The smallest absolute Gasteiger partial charge is 0.419 e. The van der Waals surface area contributed by atoms with Crippen LogP contribution in [-0.4, -0.2) is 16.6 Å². The number of fused-ring (bicyclic) bond motifs is 1. The van der Waals surface area contributed by atoms with Gasteiger partial charge in [0, 0.05) is 10.9 Å². The number of benzene rings is 3. The number of rotatable bonds is 6. The second-order valence-corrected chi connectivity index (χ2v) is 7.46. The van der Waals surface area contributed by atoms with E-state index in [2.05, 4.69) is 9.97 Å². The van der Waals surface area contributed by atoms with Crippen molar-refractivity contribution in [2.75, 3.05) is 6.61 Å². The Morgan fingerprint density at radius 1 is 0.879 bits per heavy atom. The van der Waals surface area contributed by atoms with Crippen molar-refractivity contribution in [2.24, 2.45) is 0 Å². The average Bonchev–Trinajstić information content (AvgIpc) is 2.78. The van der Waals surface area contributed by atoms with Crippen molar-refractivity contribution in [1.29, 1.82) is 0 Å². The number of ether oxygens (including phenoxy) is 1. The molecule has 0 saturated carbocycles. The highest BCUT2D eigenvalue weighted by Gasteiger charge is 2.33. The van der Waals surface area contributed by atoms with E-state index in [4.69, 9.17) is 4.74 Å². The van der Waals surface area contributed by atoms with Crippen LogP contribution in [0.15, 0.2) is 60.9 Å². The summed E-state index contributed by atoms with van der Waals surface area (Å²) in [4.78, 5) is 8.55. The molecule has 0 N–H and O–H groups in total. The molecular formula is C25H19F5N2O. The van der Waals surface area contributed by atoms with Gasteiger partial charge in [-0.25, -0.2) is 18.7 Å². The Morgan fingerprint density at radius 2 is 1.64 bits per heavy atom. The van der Waals surface area contributed by atoms with Crippen molar-refractivity contribution in [3.05, 3.63) is 89.2 Å². The number of aryl methyl sites for hydroxylation is 2. The van der Waals surface area contributed by atoms with Crippen LogP contribution in [0, 0.1) is 11.6 Å². The Kier molecular flexibility index (Phi) is 6.26. The molecule has 1 heterocycles. The minimum Gasteiger partial charge on any atom is -0.491 e. The highest BCUT2D eigenvalue weighted by atomic mass is 19.4. The fourth-order valence-electron chi connectivity index (χ4n) is 3.60. The molecule has 3 aromatic carbocycles. The molecule has 0 bridgehead atoms. The van der Waals surface area contributed by atoms with Crippen molar-refractivity contribution in [3.63, 3.8) is 0 Å². The maximum absolute atomic E-state index is 15.1. The molecule has 0 radical (unpaired) electrons. The number of hydrogen-bond acceptors (Lipinski definition) is 3. The summed E-state index contributed by atoms with van der Waals surface area (Å²) in [6.45, 7) is 2.37. The lowest BCUT2D eigenvalue weighted by molar-refractivity contribution is -0.140. The lowest BCUT2D eigenvalue weighted by atomic mass is 9.98. The third-order valence-electron chi connectivity index (χ3n) is 5.25. The molecular weight excluding hydrogens is 439 g/mol. The maximum Gasteiger partial charge on any atom is 0.419 e. The Labute approximate surface area is 186 Å². The molecule has 0 aliphatic heterocycles. The highest BCUT2D eigenvalue weighted by molar-refractivity contribution is 5.87. The summed E-state index contributed by atoms with van der Waals surface area (Å²) in [6, 6.07) is 11.3. The first-order chi connectivity index (χ1) is 15.8. The van der Waals surface area contributed by atoms with Gasteiger partial charge in [-0.3, -0.25) is 0 Å². The van der Waals surface area contributed by atoms with Gasteiger partial charge in [-0.1, -0.05) is 30.3 Å². The van der Waals surface area contributed by atoms with Gasteiger partial charge in [-0.2, -0.15) is 13.2 Å². The predicted molar refractivity (Wildman–Crippen MR) is 115 cm³/mol. The zero-order valence-corrected chi connectivity index (χ0v) is 17.6. The Hall–Kier alpha value is -3.55. The van der Waals surface area contributed by atoms with Crippen molar-refractivity contribution >= 4 is 10.8 Å². The van der Waals surface area contributed by atoms with Gasteiger partial charge < -0.3 is 4.74 Å². The highest BCUT2D eigenvalue weighted by Crippen LogP contribution is 2.32. The van der Waals surface area contributed by atoms with Crippen molar-refractivity contribution in [1.82, 2.24) is 9.97 Å². The SMILES string of the molecule is CCOc1cnc(-c2ccc3c(F)c(CCc4ccc(C(F)(F)F)c(F)c4)ccc3c2)nc1. The molecule has 0 atom stereocenters.